The predicted octanol–water partition coefficient (Wildman–Crippen LogP) is 7.05. The molecule has 0 atom stereocenters. The molecule has 0 aliphatic heterocycles. The molecule has 0 spiro atoms. The predicted molar refractivity (Wildman–Crippen MR) is 112 cm³/mol. The molecule has 0 nitrogen and oxygen atoms in total. The number of hydrogen-bond acceptors (Lipinski definition) is 0. The van der Waals surface area contributed by atoms with Gasteiger partial charge in [-0.3, -0.25) is 0 Å². The lowest BCUT2D eigenvalue weighted by Gasteiger charge is -2.04. The van der Waals surface area contributed by atoms with Crippen LogP contribution in [-0.4, -0.2) is 0 Å². The lowest BCUT2D eigenvalue weighted by atomic mass is 10.0. The van der Waals surface area contributed by atoms with Crippen LogP contribution < -0.4 is 0 Å². The molecule has 3 aromatic carbocycles. The highest BCUT2D eigenvalue weighted by Gasteiger charge is 2.00. The highest BCUT2D eigenvalue weighted by atomic mass is 35.5. The summed E-state index contributed by atoms with van der Waals surface area (Å²) in [6, 6.07) is 21.1. The van der Waals surface area contributed by atoms with E-state index >= 15 is 0 Å². The summed E-state index contributed by atoms with van der Waals surface area (Å²) in [6.07, 6.45) is 6.39. The average Bonchev–Trinajstić information content (AvgIpc) is 2.69. The van der Waals surface area contributed by atoms with E-state index < -0.39 is 5.82 Å². The van der Waals surface area contributed by atoms with Crippen LogP contribution in [0.1, 0.15) is 30.0 Å². The van der Waals surface area contributed by atoms with Gasteiger partial charge in [0.15, 0.2) is 0 Å². The zero-order valence-corrected chi connectivity index (χ0v) is 15.9. The number of allylic oxidation sites excluding steroid dienone is 2. The third-order valence-electron chi connectivity index (χ3n) is 4.28. The highest BCUT2D eigenvalue weighted by Crippen LogP contribution is 2.21. The Balaban J connectivity index is 1.71. The topological polar surface area (TPSA) is 0 Å². The summed E-state index contributed by atoms with van der Waals surface area (Å²) in [5.41, 5.74) is 4.84. The van der Waals surface area contributed by atoms with E-state index in [0.717, 1.165) is 24.0 Å². The van der Waals surface area contributed by atoms with Crippen molar-refractivity contribution in [2.24, 2.45) is 0 Å². The summed E-state index contributed by atoms with van der Waals surface area (Å²) >= 11 is 5.76. The van der Waals surface area contributed by atoms with Crippen molar-refractivity contribution in [1.29, 1.82) is 0 Å². The molecule has 0 radical (unpaired) electrons. The Kier molecular flexibility index (Phi) is 6.47. The van der Waals surface area contributed by atoms with Crippen LogP contribution in [0.4, 0.5) is 4.39 Å². The van der Waals surface area contributed by atoms with E-state index in [0.29, 0.717) is 10.6 Å². The highest BCUT2D eigenvalue weighted by molar-refractivity contribution is 6.30. The third-order valence-corrected chi connectivity index (χ3v) is 4.52. The summed E-state index contributed by atoms with van der Waals surface area (Å²) in [5.74, 6) is 5.45. The summed E-state index contributed by atoms with van der Waals surface area (Å²) in [7, 11) is 0. The second-order valence-corrected chi connectivity index (χ2v) is 6.69. The fourth-order valence-corrected chi connectivity index (χ4v) is 2.92. The number of hydrogen-bond donors (Lipinski definition) is 0. The van der Waals surface area contributed by atoms with Gasteiger partial charge in [0.25, 0.3) is 0 Å². The zero-order chi connectivity index (χ0) is 19.1. The van der Waals surface area contributed by atoms with Gasteiger partial charge < -0.3 is 0 Å². The summed E-state index contributed by atoms with van der Waals surface area (Å²) < 4.78 is 13.8. The maximum absolute atomic E-state index is 13.8. The lowest BCUT2D eigenvalue weighted by Crippen LogP contribution is -1.85. The maximum Gasteiger partial charge on any atom is 0.140 e. The SMILES string of the molecule is CC=CCCc1ccc(-c2ccc(C#Cc3ccc(Cl)cc3F)cc2)cc1. The number of halogens is 2. The average molecular weight is 375 g/mol. The molecular weight excluding hydrogens is 355 g/mol. The lowest BCUT2D eigenvalue weighted by molar-refractivity contribution is 0.624. The standard InChI is InChI=1S/C25H20ClF/c1-2-3-4-5-19-6-11-21(12-7-19)22-13-8-20(9-14-22)10-15-23-16-17-24(26)18-25(23)27/h2-3,6-9,11-14,16-18H,4-5H2,1H3. The zero-order valence-electron chi connectivity index (χ0n) is 15.2. The van der Waals surface area contributed by atoms with E-state index in [4.69, 9.17) is 11.6 Å². The Morgan fingerprint density at radius 1 is 0.889 bits per heavy atom. The number of rotatable bonds is 4. The molecule has 0 amide bonds. The molecule has 0 fully saturated rings. The van der Waals surface area contributed by atoms with Crippen LogP contribution in [0.2, 0.25) is 5.02 Å². The van der Waals surface area contributed by atoms with E-state index in [1.54, 1.807) is 12.1 Å². The number of benzene rings is 3. The van der Waals surface area contributed by atoms with Crippen LogP contribution in [0.5, 0.6) is 0 Å². The van der Waals surface area contributed by atoms with Gasteiger partial charge in [-0.15, -0.1) is 0 Å². The molecule has 0 aliphatic rings. The summed E-state index contributed by atoms with van der Waals surface area (Å²) in [5, 5.41) is 0.371. The minimum atomic E-state index is -0.402. The molecule has 3 rings (SSSR count). The molecule has 0 bridgehead atoms. The quantitative estimate of drug-likeness (QED) is 0.339. The van der Waals surface area contributed by atoms with Crippen LogP contribution in [0.3, 0.4) is 0 Å². The Morgan fingerprint density at radius 2 is 1.56 bits per heavy atom. The molecular formula is C25H20ClF. The molecule has 2 heteroatoms. The molecule has 0 saturated carbocycles. The normalized spacial score (nSPS) is 10.6. The van der Waals surface area contributed by atoms with Crippen LogP contribution in [0, 0.1) is 17.7 Å². The van der Waals surface area contributed by atoms with Crippen LogP contribution in [-0.2, 0) is 6.42 Å². The van der Waals surface area contributed by atoms with E-state index in [-0.39, 0.29) is 0 Å². The largest absolute Gasteiger partial charge is 0.206 e. The first kappa shape index (κ1) is 19.0. The molecule has 0 heterocycles. The van der Waals surface area contributed by atoms with E-state index in [1.807, 2.05) is 31.2 Å². The minimum Gasteiger partial charge on any atom is -0.206 e. The van der Waals surface area contributed by atoms with Crippen molar-refractivity contribution in [2.75, 3.05) is 0 Å². The van der Waals surface area contributed by atoms with Crippen molar-refractivity contribution in [1.82, 2.24) is 0 Å². The van der Waals surface area contributed by atoms with E-state index in [9.17, 15) is 4.39 Å². The first-order valence-electron chi connectivity index (χ1n) is 8.93. The Hall–Kier alpha value is -2.82. The summed E-state index contributed by atoms with van der Waals surface area (Å²) in [6.45, 7) is 2.04. The van der Waals surface area contributed by atoms with Gasteiger partial charge in [0, 0.05) is 10.6 Å². The minimum absolute atomic E-state index is 0.344. The Morgan fingerprint density at radius 3 is 2.19 bits per heavy atom. The van der Waals surface area contributed by atoms with Gasteiger partial charge in [0.05, 0.1) is 5.56 Å². The van der Waals surface area contributed by atoms with Crippen molar-refractivity contribution in [3.05, 3.63) is 106 Å². The molecule has 0 saturated heterocycles. The van der Waals surface area contributed by atoms with E-state index in [1.165, 1.54) is 17.2 Å². The summed E-state index contributed by atoms with van der Waals surface area (Å²) in [4.78, 5) is 0. The molecule has 0 unspecified atom stereocenters. The Bertz CT molecular complexity index is 987. The molecule has 0 aromatic heterocycles. The fourth-order valence-electron chi connectivity index (χ4n) is 2.76. The smallest absolute Gasteiger partial charge is 0.140 e. The van der Waals surface area contributed by atoms with Crippen molar-refractivity contribution in [3.63, 3.8) is 0 Å². The van der Waals surface area contributed by atoms with Gasteiger partial charge in [0.2, 0.25) is 0 Å². The Labute approximate surface area is 165 Å². The van der Waals surface area contributed by atoms with Crippen LogP contribution in [0.15, 0.2) is 78.9 Å². The second-order valence-electron chi connectivity index (χ2n) is 6.26. The second kappa shape index (κ2) is 9.21. The van der Waals surface area contributed by atoms with Crippen LogP contribution in [0.25, 0.3) is 11.1 Å². The van der Waals surface area contributed by atoms with Crippen molar-refractivity contribution in [2.45, 2.75) is 19.8 Å². The van der Waals surface area contributed by atoms with Gasteiger partial charge in [-0.05, 0) is 66.8 Å². The van der Waals surface area contributed by atoms with Gasteiger partial charge in [-0.1, -0.05) is 72.0 Å². The van der Waals surface area contributed by atoms with Crippen molar-refractivity contribution in [3.8, 4) is 23.0 Å². The molecule has 3 aromatic rings. The molecule has 134 valence electrons. The number of aryl methyl sites for hydroxylation is 1. The van der Waals surface area contributed by atoms with Crippen LogP contribution >= 0.6 is 11.6 Å². The third kappa shape index (κ3) is 5.33. The van der Waals surface area contributed by atoms with E-state index in [2.05, 4.69) is 48.3 Å². The maximum atomic E-state index is 13.8. The monoisotopic (exact) mass is 374 g/mol. The molecule has 0 N–H and O–H groups in total. The fraction of sp³-hybridized carbons (Fsp3) is 0.120. The van der Waals surface area contributed by atoms with Gasteiger partial charge in [0.1, 0.15) is 5.82 Å². The molecule has 27 heavy (non-hydrogen) atoms. The van der Waals surface area contributed by atoms with Gasteiger partial charge in [-0.2, -0.15) is 0 Å². The first-order valence-corrected chi connectivity index (χ1v) is 9.31. The van der Waals surface area contributed by atoms with Gasteiger partial charge in [-0.25, -0.2) is 4.39 Å². The van der Waals surface area contributed by atoms with Gasteiger partial charge >= 0.3 is 0 Å². The molecule has 0 aliphatic carbocycles. The van der Waals surface area contributed by atoms with Crippen molar-refractivity contribution >= 4 is 11.6 Å². The van der Waals surface area contributed by atoms with Crippen molar-refractivity contribution < 1.29 is 4.39 Å². The first-order chi connectivity index (χ1) is 13.2.